The molecule has 2 saturated heterocycles. The molecule has 0 aromatic heterocycles. The Kier molecular flexibility index (Phi) is 5.01. The van der Waals surface area contributed by atoms with Gasteiger partial charge in [-0.15, -0.1) is 0 Å². The maximum absolute atomic E-state index is 5.76. The molecule has 2 heterocycles. The first-order valence-electron chi connectivity index (χ1n) is 7.32. The molecule has 1 N–H and O–H groups in total. The second-order valence-corrected chi connectivity index (χ2v) is 6.64. The van der Waals surface area contributed by atoms with Crippen molar-refractivity contribution in [3.05, 3.63) is 0 Å². The van der Waals surface area contributed by atoms with Gasteiger partial charge in [0.25, 0.3) is 0 Å². The largest absolute Gasteiger partial charge is 0.375 e. The van der Waals surface area contributed by atoms with Crippen molar-refractivity contribution in [1.82, 2.24) is 15.1 Å². The molecule has 0 atom stereocenters. The van der Waals surface area contributed by atoms with Crippen LogP contribution in [0.25, 0.3) is 0 Å². The van der Waals surface area contributed by atoms with Crippen LogP contribution >= 0.6 is 0 Å². The molecule has 0 bridgehead atoms. The van der Waals surface area contributed by atoms with E-state index in [0.717, 1.165) is 32.2 Å². The maximum atomic E-state index is 5.76. The Bertz CT molecular complexity index is 240. The number of nitrogens with one attached hydrogen (secondary N) is 1. The highest BCUT2D eigenvalue weighted by atomic mass is 16.5. The number of hydrogen-bond acceptors (Lipinski definition) is 4. The van der Waals surface area contributed by atoms with Crippen molar-refractivity contribution in [3.8, 4) is 0 Å². The van der Waals surface area contributed by atoms with E-state index in [9.17, 15) is 0 Å². The molecular formula is C14H29N3O. The summed E-state index contributed by atoms with van der Waals surface area (Å²) in [5, 5.41) is 3.41. The zero-order chi connectivity index (χ0) is 13.0. The fraction of sp³-hybridized carbons (Fsp3) is 1.00. The van der Waals surface area contributed by atoms with Crippen LogP contribution in [-0.4, -0.2) is 74.4 Å². The van der Waals surface area contributed by atoms with Gasteiger partial charge in [-0.25, -0.2) is 0 Å². The molecule has 2 fully saturated rings. The smallest absolute Gasteiger partial charge is 0.0600 e. The summed E-state index contributed by atoms with van der Waals surface area (Å²) in [6, 6.07) is 0. The van der Waals surface area contributed by atoms with Gasteiger partial charge in [-0.3, -0.25) is 0 Å². The molecule has 4 nitrogen and oxygen atoms in total. The van der Waals surface area contributed by atoms with E-state index >= 15 is 0 Å². The van der Waals surface area contributed by atoms with E-state index in [4.69, 9.17) is 4.74 Å². The van der Waals surface area contributed by atoms with Crippen LogP contribution in [-0.2, 0) is 4.74 Å². The van der Waals surface area contributed by atoms with Crippen LogP contribution in [0.3, 0.4) is 0 Å². The van der Waals surface area contributed by atoms with Gasteiger partial charge in [0.05, 0.1) is 12.2 Å². The SMILES string of the molecule is CC(C)(C)OCCN1CC(CN2CCNCC2)C1. The van der Waals surface area contributed by atoms with Crippen LogP contribution in [0.2, 0.25) is 0 Å². The summed E-state index contributed by atoms with van der Waals surface area (Å²) in [5.74, 6) is 0.887. The average molecular weight is 255 g/mol. The third-order valence-corrected chi connectivity index (χ3v) is 3.70. The third kappa shape index (κ3) is 4.84. The summed E-state index contributed by atoms with van der Waals surface area (Å²) in [5.41, 5.74) is 0.00503. The van der Waals surface area contributed by atoms with Crippen LogP contribution in [0, 0.1) is 5.92 Å². The van der Waals surface area contributed by atoms with Crippen LogP contribution < -0.4 is 5.32 Å². The molecule has 0 radical (unpaired) electrons. The second kappa shape index (κ2) is 6.33. The number of likely N-dealkylation sites (tertiary alicyclic amines) is 1. The molecule has 2 rings (SSSR count). The first kappa shape index (κ1) is 14.3. The fourth-order valence-corrected chi connectivity index (χ4v) is 2.71. The Labute approximate surface area is 112 Å². The molecule has 0 aliphatic carbocycles. The van der Waals surface area contributed by atoms with E-state index in [1.165, 1.54) is 32.7 Å². The highest BCUT2D eigenvalue weighted by Crippen LogP contribution is 2.17. The van der Waals surface area contributed by atoms with Crippen molar-refractivity contribution in [2.24, 2.45) is 5.92 Å². The van der Waals surface area contributed by atoms with Gasteiger partial charge in [-0.2, -0.15) is 0 Å². The van der Waals surface area contributed by atoms with Crippen molar-refractivity contribution in [2.75, 3.05) is 59.0 Å². The topological polar surface area (TPSA) is 27.7 Å². The number of hydrogen-bond donors (Lipinski definition) is 1. The van der Waals surface area contributed by atoms with Crippen molar-refractivity contribution in [2.45, 2.75) is 26.4 Å². The number of ether oxygens (including phenoxy) is 1. The molecule has 0 amide bonds. The Morgan fingerprint density at radius 1 is 1.11 bits per heavy atom. The van der Waals surface area contributed by atoms with E-state index in [1.807, 2.05) is 0 Å². The van der Waals surface area contributed by atoms with E-state index in [2.05, 4.69) is 35.9 Å². The lowest BCUT2D eigenvalue weighted by Gasteiger charge is -2.42. The van der Waals surface area contributed by atoms with E-state index < -0.39 is 0 Å². The lowest BCUT2D eigenvalue weighted by Crippen LogP contribution is -2.54. The van der Waals surface area contributed by atoms with Gasteiger partial charge in [-0.1, -0.05) is 0 Å². The molecule has 4 heteroatoms. The standard InChI is InChI=1S/C14H29N3O/c1-14(2,3)18-9-8-17-11-13(12-17)10-16-6-4-15-5-7-16/h13,15H,4-12H2,1-3H3. The Morgan fingerprint density at radius 3 is 2.39 bits per heavy atom. The van der Waals surface area contributed by atoms with Crippen molar-refractivity contribution in [1.29, 1.82) is 0 Å². The minimum atomic E-state index is 0.00503. The van der Waals surface area contributed by atoms with Gasteiger partial charge in [-0.05, 0) is 26.7 Å². The molecule has 0 aromatic carbocycles. The third-order valence-electron chi connectivity index (χ3n) is 3.70. The van der Waals surface area contributed by atoms with Gasteiger partial charge in [0, 0.05) is 52.4 Å². The van der Waals surface area contributed by atoms with E-state index in [-0.39, 0.29) is 5.60 Å². The molecular weight excluding hydrogens is 226 g/mol. The number of piperazine rings is 1. The lowest BCUT2D eigenvalue weighted by molar-refractivity contribution is -0.0309. The van der Waals surface area contributed by atoms with Gasteiger partial charge in [0.1, 0.15) is 0 Å². The van der Waals surface area contributed by atoms with Gasteiger partial charge in [0.2, 0.25) is 0 Å². The predicted molar refractivity (Wildman–Crippen MR) is 74.9 cm³/mol. The molecule has 106 valence electrons. The molecule has 0 spiro atoms. The van der Waals surface area contributed by atoms with Crippen molar-refractivity contribution < 1.29 is 4.74 Å². The van der Waals surface area contributed by atoms with E-state index in [0.29, 0.717) is 0 Å². The molecule has 0 unspecified atom stereocenters. The predicted octanol–water partition coefficient (Wildman–Crippen LogP) is 0.639. The van der Waals surface area contributed by atoms with Crippen LogP contribution in [0.4, 0.5) is 0 Å². The minimum Gasteiger partial charge on any atom is -0.375 e. The first-order chi connectivity index (χ1) is 8.53. The van der Waals surface area contributed by atoms with Crippen LogP contribution in [0.5, 0.6) is 0 Å². The molecule has 2 aliphatic rings. The Balaban J connectivity index is 1.51. The Morgan fingerprint density at radius 2 is 1.78 bits per heavy atom. The first-order valence-corrected chi connectivity index (χ1v) is 7.32. The molecule has 2 aliphatic heterocycles. The zero-order valence-corrected chi connectivity index (χ0v) is 12.2. The van der Waals surface area contributed by atoms with Crippen LogP contribution in [0.15, 0.2) is 0 Å². The monoisotopic (exact) mass is 255 g/mol. The number of nitrogens with zero attached hydrogens (tertiary/aromatic N) is 2. The second-order valence-electron chi connectivity index (χ2n) is 6.64. The molecule has 0 aromatic rings. The van der Waals surface area contributed by atoms with Crippen molar-refractivity contribution in [3.63, 3.8) is 0 Å². The zero-order valence-electron chi connectivity index (χ0n) is 12.2. The summed E-state index contributed by atoms with van der Waals surface area (Å²) in [6.45, 7) is 16.9. The molecule has 0 saturated carbocycles. The summed E-state index contributed by atoms with van der Waals surface area (Å²) < 4.78 is 5.76. The highest BCUT2D eigenvalue weighted by molar-refractivity contribution is 4.83. The quantitative estimate of drug-likeness (QED) is 0.780. The molecule has 18 heavy (non-hydrogen) atoms. The van der Waals surface area contributed by atoms with Gasteiger partial charge < -0.3 is 19.9 Å². The Hall–Kier alpha value is -0.160. The number of rotatable bonds is 5. The minimum absolute atomic E-state index is 0.00503. The normalized spacial score (nSPS) is 24.2. The van der Waals surface area contributed by atoms with Gasteiger partial charge >= 0.3 is 0 Å². The van der Waals surface area contributed by atoms with Crippen molar-refractivity contribution >= 4 is 0 Å². The van der Waals surface area contributed by atoms with Crippen LogP contribution in [0.1, 0.15) is 20.8 Å². The summed E-state index contributed by atoms with van der Waals surface area (Å²) in [4.78, 5) is 5.11. The lowest BCUT2D eigenvalue weighted by atomic mass is 9.99. The highest BCUT2D eigenvalue weighted by Gasteiger charge is 2.28. The fourth-order valence-electron chi connectivity index (χ4n) is 2.71. The van der Waals surface area contributed by atoms with E-state index in [1.54, 1.807) is 0 Å². The maximum Gasteiger partial charge on any atom is 0.0600 e. The van der Waals surface area contributed by atoms with Gasteiger partial charge in [0.15, 0.2) is 0 Å². The summed E-state index contributed by atoms with van der Waals surface area (Å²) in [7, 11) is 0. The summed E-state index contributed by atoms with van der Waals surface area (Å²) in [6.07, 6.45) is 0. The summed E-state index contributed by atoms with van der Waals surface area (Å²) >= 11 is 0. The average Bonchev–Trinajstić information content (AvgIpc) is 2.25.